The molecule has 1 aliphatic rings. The molecule has 0 radical (unpaired) electrons. The van der Waals surface area contributed by atoms with Gasteiger partial charge in [-0.05, 0) is 54.1 Å². The largest absolute Gasteiger partial charge is 0.493 e. The number of carbonyl (C=O) groups is 2. The third-order valence-corrected chi connectivity index (χ3v) is 5.69. The molecule has 9 heteroatoms. The van der Waals surface area contributed by atoms with E-state index < -0.39 is 5.92 Å². The van der Waals surface area contributed by atoms with Crippen LogP contribution in [0, 0.1) is 11.7 Å². The Kier molecular flexibility index (Phi) is 7.18. The van der Waals surface area contributed by atoms with Crippen LogP contribution < -0.4 is 25.2 Å². The Morgan fingerprint density at radius 1 is 1.09 bits per heavy atom. The van der Waals surface area contributed by atoms with Gasteiger partial charge in [0.1, 0.15) is 12.4 Å². The van der Waals surface area contributed by atoms with Crippen LogP contribution in [0.2, 0.25) is 5.02 Å². The number of ether oxygens (including phenoxy) is 2. The van der Waals surface area contributed by atoms with E-state index in [9.17, 15) is 14.0 Å². The van der Waals surface area contributed by atoms with E-state index in [1.54, 1.807) is 59.5 Å². The molecule has 1 fully saturated rings. The summed E-state index contributed by atoms with van der Waals surface area (Å²) in [7, 11) is 1.51. The minimum Gasteiger partial charge on any atom is -0.493 e. The second-order valence-electron chi connectivity index (χ2n) is 7.78. The predicted octanol–water partition coefficient (Wildman–Crippen LogP) is 4.56. The van der Waals surface area contributed by atoms with Crippen molar-refractivity contribution < 1.29 is 23.5 Å². The zero-order valence-electron chi connectivity index (χ0n) is 18.4. The number of nitrogens with zero attached hydrogens (tertiary/aromatic N) is 1. The van der Waals surface area contributed by atoms with Crippen molar-refractivity contribution in [3.63, 3.8) is 0 Å². The molecule has 3 aromatic carbocycles. The highest BCUT2D eigenvalue weighted by Crippen LogP contribution is 2.31. The first-order valence-corrected chi connectivity index (χ1v) is 11.0. The maximum Gasteiger partial charge on any atom is 0.243 e. The highest BCUT2D eigenvalue weighted by Gasteiger charge is 2.35. The van der Waals surface area contributed by atoms with E-state index in [0.29, 0.717) is 27.9 Å². The maximum absolute atomic E-state index is 13.0. The van der Waals surface area contributed by atoms with Crippen molar-refractivity contribution >= 4 is 34.8 Å². The molecule has 3 aromatic rings. The van der Waals surface area contributed by atoms with Crippen molar-refractivity contribution in [3.8, 4) is 11.5 Å². The summed E-state index contributed by atoms with van der Waals surface area (Å²) >= 11 is 5.91. The lowest BCUT2D eigenvalue weighted by Gasteiger charge is -2.17. The minimum atomic E-state index is -0.490. The number of halogens is 2. The fourth-order valence-corrected chi connectivity index (χ4v) is 3.72. The Labute approximate surface area is 201 Å². The van der Waals surface area contributed by atoms with Gasteiger partial charge in [0, 0.05) is 29.7 Å². The number of amides is 2. The lowest BCUT2D eigenvalue weighted by molar-refractivity contribution is -0.125. The van der Waals surface area contributed by atoms with Crippen molar-refractivity contribution in [1.82, 2.24) is 5.43 Å². The third kappa shape index (κ3) is 5.58. The Balaban J connectivity index is 1.33. The second-order valence-corrected chi connectivity index (χ2v) is 8.21. The zero-order chi connectivity index (χ0) is 24.1. The van der Waals surface area contributed by atoms with E-state index in [2.05, 4.69) is 10.9 Å². The maximum atomic E-state index is 13.0. The molecule has 1 saturated heterocycles. The van der Waals surface area contributed by atoms with Gasteiger partial charge in [-0.2, -0.15) is 0 Å². The van der Waals surface area contributed by atoms with Crippen LogP contribution in [0.4, 0.5) is 15.8 Å². The number of hydrogen-bond acceptors (Lipinski definition) is 5. The van der Waals surface area contributed by atoms with E-state index in [4.69, 9.17) is 21.1 Å². The molecule has 176 valence electrons. The van der Waals surface area contributed by atoms with Crippen LogP contribution in [0.1, 0.15) is 12.0 Å². The fourth-order valence-electron chi connectivity index (χ4n) is 3.60. The summed E-state index contributed by atoms with van der Waals surface area (Å²) in [5.41, 5.74) is 7.62. The van der Waals surface area contributed by atoms with E-state index in [1.165, 1.54) is 19.2 Å². The van der Waals surface area contributed by atoms with Gasteiger partial charge in [-0.3, -0.25) is 20.4 Å². The number of carbonyl (C=O) groups excluding carboxylic acids is 2. The van der Waals surface area contributed by atoms with E-state index >= 15 is 0 Å². The molecule has 7 nitrogen and oxygen atoms in total. The molecular formula is C25H23ClFN3O4. The molecule has 0 aliphatic carbocycles. The summed E-state index contributed by atoms with van der Waals surface area (Å²) in [6, 6.07) is 18.1. The lowest BCUT2D eigenvalue weighted by Crippen LogP contribution is -2.36. The molecule has 34 heavy (non-hydrogen) atoms. The normalized spacial score (nSPS) is 15.2. The van der Waals surface area contributed by atoms with Crippen LogP contribution in [-0.2, 0) is 16.2 Å². The number of hydrogen-bond donors (Lipinski definition) is 2. The molecule has 0 aromatic heterocycles. The van der Waals surface area contributed by atoms with Gasteiger partial charge < -0.3 is 14.4 Å². The average Bonchev–Trinajstić information content (AvgIpc) is 3.24. The van der Waals surface area contributed by atoms with Crippen LogP contribution in [0.25, 0.3) is 0 Å². The highest BCUT2D eigenvalue weighted by atomic mass is 35.5. The zero-order valence-corrected chi connectivity index (χ0v) is 19.1. The summed E-state index contributed by atoms with van der Waals surface area (Å²) in [6.07, 6.45) is 0.121. The molecule has 1 heterocycles. The van der Waals surface area contributed by atoms with Gasteiger partial charge in [0.05, 0.1) is 18.7 Å². The highest BCUT2D eigenvalue weighted by molar-refractivity contribution is 6.30. The summed E-state index contributed by atoms with van der Waals surface area (Å²) in [6.45, 7) is 0.535. The van der Waals surface area contributed by atoms with E-state index in [0.717, 1.165) is 5.56 Å². The van der Waals surface area contributed by atoms with Crippen molar-refractivity contribution in [2.24, 2.45) is 5.92 Å². The van der Waals surface area contributed by atoms with E-state index in [1.807, 2.05) is 0 Å². The molecule has 1 atom stereocenters. The molecule has 0 spiro atoms. The molecule has 4 rings (SSSR count). The first kappa shape index (κ1) is 23.4. The van der Waals surface area contributed by atoms with Crippen molar-refractivity contribution in [2.75, 3.05) is 24.0 Å². The number of benzene rings is 3. The van der Waals surface area contributed by atoms with Gasteiger partial charge in [0.25, 0.3) is 0 Å². The number of hydrazine groups is 1. The van der Waals surface area contributed by atoms with Gasteiger partial charge in [0.2, 0.25) is 11.8 Å². The predicted molar refractivity (Wildman–Crippen MR) is 127 cm³/mol. The molecule has 2 N–H and O–H groups in total. The number of rotatable bonds is 8. The summed E-state index contributed by atoms with van der Waals surface area (Å²) in [5, 5.41) is 0.580. The second kappa shape index (κ2) is 10.4. The molecule has 2 amide bonds. The SMILES string of the molecule is COc1cc(NNC(=O)[C@@H]2CC(=O)N(c3ccc(Cl)cc3)C2)ccc1OCc1ccc(F)cc1. The molecule has 0 bridgehead atoms. The van der Waals surface area contributed by atoms with Gasteiger partial charge in [-0.15, -0.1) is 0 Å². The Morgan fingerprint density at radius 2 is 1.82 bits per heavy atom. The standard InChI is InChI=1S/C25H23ClFN3O4/c1-33-23-13-20(8-11-22(23)34-15-16-2-6-19(27)7-3-16)28-29-25(32)17-12-24(31)30(14-17)21-9-4-18(26)5-10-21/h2-11,13,17,28H,12,14-15H2,1H3,(H,29,32)/t17-/m1/s1. The van der Waals surface area contributed by atoms with E-state index in [-0.39, 0.29) is 37.2 Å². The fraction of sp³-hybridized carbons (Fsp3) is 0.200. The molecular weight excluding hydrogens is 461 g/mol. The monoisotopic (exact) mass is 483 g/mol. The topological polar surface area (TPSA) is 79.9 Å². The van der Waals surface area contributed by atoms with Crippen LogP contribution in [-0.4, -0.2) is 25.5 Å². The van der Waals surface area contributed by atoms with Gasteiger partial charge in [0.15, 0.2) is 11.5 Å². The first-order valence-electron chi connectivity index (χ1n) is 10.6. The van der Waals surface area contributed by atoms with Crippen LogP contribution in [0.3, 0.4) is 0 Å². The number of nitrogens with one attached hydrogen (secondary N) is 2. The summed E-state index contributed by atoms with van der Waals surface area (Å²) in [5.74, 6) is -0.239. The Bertz CT molecular complexity index is 1170. The lowest BCUT2D eigenvalue weighted by atomic mass is 10.1. The molecule has 1 aliphatic heterocycles. The summed E-state index contributed by atoms with van der Waals surface area (Å²) < 4.78 is 24.2. The first-order chi connectivity index (χ1) is 16.4. The summed E-state index contributed by atoms with van der Waals surface area (Å²) in [4.78, 5) is 26.6. The van der Waals surface area contributed by atoms with Crippen LogP contribution in [0.5, 0.6) is 11.5 Å². The van der Waals surface area contributed by atoms with Crippen molar-refractivity contribution in [3.05, 3.63) is 83.1 Å². The van der Waals surface area contributed by atoms with Gasteiger partial charge in [-0.25, -0.2) is 4.39 Å². The minimum absolute atomic E-state index is 0.119. The quantitative estimate of drug-likeness (QED) is 0.459. The Morgan fingerprint density at radius 3 is 2.53 bits per heavy atom. The Hall–Kier alpha value is -3.78. The van der Waals surface area contributed by atoms with Crippen molar-refractivity contribution in [2.45, 2.75) is 13.0 Å². The number of methoxy groups -OCH3 is 1. The molecule has 0 unspecified atom stereocenters. The van der Waals surface area contributed by atoms with Crippen LogP contribution >= 0.6 is 11.6 Å². The van der Waals surface area contributed by atoms with Gasteiger partial charge >= 0.3 is 0 Å². The molecule has 0 saturated carbocycles. The number of anilines is 2. The third-order valence-electron chi connectivity index (χ3n) is 5.44. The average molecular weight is 484 g/mol. The van der Waals surface area contributed by atoms with Gasteiger partial charge in [-0.1, -0.05) is 23.7 Å². The van der Waals surface area contributed by atoms with Crippen molar-refractivity contribution in [1.29, 1.82) is 0 Å². The van der Waals surface area contributed by atoms with Crippen LogP contribution in [0.15, 0.2) is 66.7 Å². The smallest absolute Gasteiger partial charge is 0.243 e.